The Bertz CT molecular complexity index is 747. The molecule has 1 fully saturated rings. The first kappa shape index (κ1) is 20.9. The summed E-state index contributed by atoms with van der Waals surface area (Å²) in [5.41, 5.74) is 4.03. The molecule has 0 spiro atoms. The molecule has 2 unspecified atom stereocenters. The maximum absolute atomic E-state index is 12.0. The van der Waals surface area contributed by atoms with Crippen molar-refractivity contribution in [2.75, 3.05) is 27.5 Å². The Morgan fingerprint density at radius 1 is 1.38 bits per heavy atom. The quantitative estimate of drug-likeness (QED) is 0.131. The molecule has 0 saturated carbocycles. The molecule has 4 atom stereocenters. The first-order valence-electron chi connectivity index (χ1n) is 7.48. The number of H-pyrrole nitrogens is 1. The Morgan fingerprint density at radius 2 is 2.12 bits per heavy atom. The van der Waals surface area contributed by atoms with Crippen molar-refractivity contribution < 1.29 is 33.1 Å². The van der Waals surface area contributed by atoms with E-state index in [-0.39, 0.29) is 6.73 Å². The molecule has 1 saturated heterocycles. The highest BCUT2D eigenvalue weighted by atomic mass is 31.2. The summed E-state index contributed by atoms with van der Waals surface area (Å²) in [5, 5.41) is 0. The van der Waals surface area contributed by atoms with Gasteiger partial charge in [-0.05, 0) is 7.05 Å². The molecule has 1 aromatic heterocycles. The second-order valence-corrected chi connectivity index (χ2v) is 6.51. The van der Waals surface area contributed by atoms with E-state index in [1.54, 1.807) is 7.05 Å². The normalized spacial score (nSPS) is 26.3. The highest BCUT2D eigenvalue weighted by molar-refractivity contribution is 7.46. The van der Waals surface area contributed by atoms with E-state index in [2.05, 4.69) is 20.4 Å². The summed E-state index contributed by atoms with van der Waals surface area (Å²) in [6.07, 6.45) is -2.37. The third-order valence-corrected chi connectivity index (χ3v) is 4.10. The van der Waals surface area contributed by atoms with Gasteiger partial charge in [0.25, 0.3) is 5.56 Å². The van der Waals surface area contributed by atoms with Crippen LogP contribution in [0, 0.1) is 0 Å². The molecule has 0 aromatic carbocycles. The number of nitrogens with zero attached hydrogens (tertiary/aromatic N) is 1. The van der Waals surface area contributed by atoms with Crippen molar-refractivity contribution in [2.24, 2.45) is 0 Å². The highest BCUT2D eigenvalue weighted by Crippen LogP contribution is 2.39. The Hall–Kier alpha value is -1.41. The van der Waals surface area contributed by atoms with Gasteiger partial charge < -0.3 is 24.0 Å². The van der Waals surface area contributed by atoms with Crippen LogP contribution < -0.4 is 22.1 Å². The second kappa shape index (κ2) is 8.99. The molecular weight excluding hydrogens is 375 g/mol. The molecule has 1 aliphatic rings. The van der Waals surface area contributed by atoms with Gasteiger partial charge in [-0.25, -0.2) is 14.8 Å². The lowest BCUT2D eigenvalue weighted by atomic mass is 10.1. The van der Waals surface area contributed by atoms with Crippen LogP contribution in [-0.2, 0) is 23.3 Å². The number of aromatic amines is 1. The van der Waals surface area contributed by atoms with Crippen molar-refractivity contribution in [3.63, 3.8) is 0 Å². The van der Waals surface area contributed by atoms with Crippen LogP contribution in [0.3, 0.4) is 0 Å². The monoisotopic (exact) mass is 396 g/mol. The molecule has 148 valence electrons. The predicted octanol–water partition coefficient (Wildman–Crippen LogP) is -2.37. The van der Waals surface area contributed by atoms with Crippen LogP contribution in [0.15, 0.2) is 21.9 Å². The van der Waals surface area contributed by atoms with Gasteiger partial charge >= 0.3 is 13.5 Å². The van der Waals surface area contributed by atoms with Crippen LogP contribution in [0.2, 0.25) is 0 Å². The van der Waals surface area contributed by atoms with Crippen LogP contribution in [0.1, 0.15) is 6.23 Å². The molecule has 0 amide bonds. The van der Waals surface area contributed by atoms with E-state index in [9.17, 15) is 14.2 Å². The molecule has 14 heteroatoms. The Balaban J connectivity index is 2.26. The van der Waals surface area contributed by atoms with Gasteiger partial charge in [0.1, 0.15) is 25.0 Å². The first-order chi connectivity index (χ1) is 12.3. The van der Waals surface area contributed by atoms with E-state index in [4.69, 9.17) is 24.0 Å². The summed E-state index contributed by atoms with van der Waals surface area (Å²) in [7, 11) is -1.74. The van der Waals surface area contributed by atoms with Gasteiger partial charge in [-0.3, -0.25) is 24.3 Å². The fourth-order valence-corrected chi connectivity index (χ4v) is 2.87. The minimum absolute atomic E-state index is 0.0179. The second-order valence-electron chi connectivity index (χ2n) is 5.27. The van der Waals surface area contributed by atoms with E-state index in [1.807, 2.05) is 0 Å². The van der Waals surface area contributed by atoms with Gasteiger partial charge in [-0.1, -0.05) is 0 Å². The van der Waals surface area contributed by atoms with E-state index >= 15 is 0 Å². The van der Waals surface area contributed by atoms with Gasteiger partial charge in [-0.15, -0.1) is 0 Å². The molecule has 13 nitrogen and oxygen atoms in total. The van der Waals surface area contributed by atoms with Gasteiger partial charge in [0.05, 0.1) is 6.61 Å². The van der Waals surface area contributed by atoms with Crippen molar-refractivity contribution in [3.05, 3.63) is 33.1 Å². The number of hydrazine groups is 1. The maximum atomic E-state index is 12.0. The smallest absolute Gasteiger partial charge is 0.374 e. The molecule has 0 radical (unpaired) electrons. The van der Waals surface area contributed by atoms with Crippen molar-refractivity contribution in [1.29, 1.82) is 0 Å². The largest absolute Gasteiger partial charge is 0.469 e. The summed E-state index contributed by atoms with van der Waals surface area (Å²) in [4.78, 5) is 43.2. The summed E-state index contributed by atoms with van der Waals surface area (Å²) in [6.45, 7) is -0.479. The maximum Gasteiger partial charge on any atom is 0.469 e. The molecule has 5 N–H and O–H groups in total. The van der Waals surface area contributed by atoms with Crippen LogP contribution in [0.5, 0.6) is 0 Å². The SMILES string of the molecule is CNNCOC1C(OC)[C@H](n2ccc(=O)[nH]c2=O)O[C@@H]1COP(=O)(O)O. The number of hydrogen-bond acceptors (Lipinski definition) is 9. The van der Waals surface area contributed by atoms with E-state index in [0.717, 1.165) is 10.6 Å². The van der Waals surface area contributed by atoms with E-state index < -0.39 is 50.2 Å². The average molecular weight is 396 g/mol. The average Bonchev–Trinajstić information content (AvgIpc) is 2.90. The number of methoxy groups -OCH3 is 1. The summed E-state index contributed by atoms with van der Waals surface area (Å²) >= 11 is 0. The summed E-state index contributed by atoms with van der Waals surface area (Å²) in [6, 6.07) is 1.13. The van der Waals surface area contributed by atoms with Crippen molar-refractivity contribution in [3.8, 4) is 0 Å². The van der Waals surface area contributed by atoms with Gasteiger partial charge in [0, 0.05) is 19.4 Å². The lowest BCUT2D eigenvalue weighted by molar-refractivity contribution is -0.0679. The van der Waals surface area contributed by atoms with E-state index in [1.165, 1.54) is 13.3 Å². The zero-order valence-electron chi connectivity index (χ0n) is 14.0. The Labute approximate surface area is 147 Å². The van der Waals surface area contributed by atoms with Crippen molar-refractivity contribution >= 4 is 7.82 Å². The summed E-state index contributed by atoms with van der Waals surface area (Å²) < 4.78 is 33.2. The van der Waals surface area contributed by atoms with Gasteiger partial charge in [-0.2, -0.15) is 0 Å². The Kier molecular flexibility index (Phi) is 7.23. The third-order valence-electron chi connectivity index (χ3n) is 3.61. The number of aromatic nitrogens is 2. The zero-order valence-corrected chi connectivity index (χ0v) is 14.9. The topological polar surface area (TPSA) is 173 Å². The first-order valence-corrected chi connectivity index (χ1v) is 9.01. The van der Waals surface area contributed by atoms with E-state index in [0.29, 0.717) is 0 Å². The molecule has 0 bridgehead atoms. The number of ether oxygens (including phenoxy) is 3. The van der Waals surface area contributed by atoms with Gasteiger partial charge in [0.2, 0.25) is 0 Å². The van der Waals surface area contributed by atoms with Crippen molar-refractivity contribution in [1.82, 2.24) is 20.4 Å². The minimum Gasteiger partial charge on any atom is -0.374 e. The molecule has 26 heavy (non-hydrogen) atoms. The lowest BCUT2D eigenvalue weighted by Crippen LogP contribution is -2.42. The van der Waals surface area contributed by atoms with Crippen LogP contribution >= 0.6 is 7.82 Å². The predicted molar refractivity (Wildman–Crippen MR) is 86.0 cm³/mol. The molecular formula is C12H21N4O9P. The fourth-order valence-electron chi connectivity index (χ4n) is 2.53. The Morgan fingerprint density at radius 3 is 2.69 bits per heavy atom. The number of rotatable bonds is 9. The zero-order chi connectivity index (χ0) is 19.3. The number of phosphoric ester groups is 1. The number of hydrogen-bond donors (Lipinski definition) is 5. The molecule has 0 aliphatic carbocycles. The number of nitrogens with one attached hydrogen (secondary N) is 3. The van der Waals surface area contributed by atoms with Crippen LogP contribution in [0.25, 0.3) is 0 Å². The lowest BCUT2D eigenvalue weighted by Gasteiger charge is -2.23. The summed E-state index contributed by atoms with van der Waals surface area (Å²) in [5.74, 6) is 0. The molecule has 2 rings (SSSR count). The van der Waals surface area contributed by atoms with Crippen LogP contribution in [0.4, 0.5) is 0 Å². The van der Waals surface area contributed by atoms with Crippen LogP contribution in [-0.4, -0.2) is 65.1 Å². The molecule has 1 aliphatic heterocycles. The van der Waals surface area contributed by atoms with Gasteiger partial charge in [0.15, 0.2) is 6.23 Å². The van der Waals surface area contributed by atoms with Crippen molar-refractivity contribution in [2.45, 2.75) is 24.5 Å². The highest BCUT2D eigenvalue weighted by Gasteiger charge is 2.47. The fraction of sp³-hybridized carbons (Fsp3) is 0.667. The number of phosphoric acid groups is 1. The molecule has 2 heterocycles. The third kappa shape index (κ3) is 5.30. The molecule has 1 aromatic rings. The standard InChI is InChI=1S/C12H21N4O9P/c1-13-14-6-23-9-7(5-24-26(19,20)21)25-11(10(9)22-2)16-4-3-8(17)15-12(16)18/h3-4,7,9-11,13-14H,5-6H2,1-2H3,(H,15,17,18)(H2,19,20,21)/t7-,9?,10?,11-/m1/s1. The minimum atomic E-state index is -4.73.